The van der Waals surface area contributed by atoms with Crippen LogP contribution in [-0.2, 0) is 6.42 Å². The predicted molar refractivity (Wildman–Crippen MR) is 58.1 cm³/mol. The first-order valence-electron chi connectivity index (χ1n) is 4.06. The fourth-order valence-corrected chi connectivity index (χ4v) is 2.15. The van der Waals surface area contributed by atoms with Crippen molar-refractivity contribution in [2.45, 2.75) is 6.42 Å². The van der Waals surface area contributed by atoms with Gasteiger partial charge in [0.25, 0.3) is 0 Å². The number of hydrogen-bond acceptors (Lipinski definition) is 5. The Labute approximate surface area is 93.3 Å². The van der Waals surface area contributed by atoms with Crippen LogP contribution in [0.3, 0.4) is 0 Å². The van der Waals surface area contributed by atoms with Crippen molar-refractivity contribution in [2.24, 2.45) is 5.73 Å². The molecule has 0 saturated carbocycles. The topological polar surface area (TPSA) is 64.9 Å². The first kappa shape index (κ1) is 9.82. The molecule has 0 radical (unpaired) electrons. The van der Waals surface area contributed by atoms with Crippen molar-refractivity contribution in [1.29, 1.82) is 0 Å². The normalized spacial score (nSPS) is 10.7. The number of aromatic nitrogens is 2. The van der Waals surface area contributed by atoms with Gasteiger partial charge in [0.1, 0.15) is 0 Å². The summed E-state index contributed by atoms with van der Waals surface area (Å²) in [5, 5.41) is 9.78. The number of halogens is 1. The summed E-state index contributed by atoms with van der Waals surface area (Å²) in [6.07, 6.45) is 0.623. The summed E-state index contributed by atoms with van der Waals surface area (Å²) >= 11 is 4.96. The molecule has 2 aromatic heterocycles. The highest BCUT2D eigenvalue weighted by Gasteiger charge is 2.09. The van der Waals surface area contributed by atoms with Crippen LogP contribution in [0.2, 0.25) is 0 Å². The monoisotopic (exact) mass is 273 g/mol. The summed E-state index contributed by atoms with van der Waals surface area (Å²) in [6.45, 7) is 0.523. The van der Waals surface area contributed by atoms with Crippen LogP contribution < -0.4 is 5.73 Å². The van der Waals surface area contributed by atoms with Crippen molar-refractivity contribution in [1.82, 2.24) is 10.2 Å². The van der Waals surface area contributed by atoms with E-state index >= 15 is 0 Å². The zero-order valence-corrected chi connectivity index (χ0v) is 9.64. The highest BCUT2D eigenvalue weighted by Crippen LogP contribution is 2.27. The van der Waals surface area contributed by atoms with E-state index in [1.165, 1.54) is 0 Å². The van der Waals surface area contributed by atoms with E-state index in [-0.39, 0.29) is 0 Å². The van der Waals surface area contributed by atoms with Gasteiger partial charge in [-0.1, -0.05) is 0 Å². The highest BCUT2D eigenvalue weighted by molar-refractivity contribution is 9.11. The fourth-order valence-electron chi connectivity index (χ4n) is 1.02. The van der Waals surface area contributed by atoms with Gasteiger partial charge in [0.05, 0.1) is 9.35 Å². The molecule has 0 atom stereocenters. The van der Waals surface area contributed by atoms with Crippen molar-refractivity contribution in [3.63, 3.8) is 0 Å². The van der Waals surface area contributed by atoms with Crippen molar-refractivity contribution < 1.29 is 4.42 Å². The van der Waals surface area contributed by atoms with E-state index in [9.17, 15) is 0 Å². The summed E-state index contributed by atoms with van der Waals surface area (Å²) in [7, 11) is 0. The minimum Gasteiger partial charge on any atom is -0.421 e. The van der Waals surface area contributed by atoms with Crippen molar-refractivity contribution in [3.05, 3.63) is 21.1 Å². The molecule has 2 N–H and O–H groups in total. The Morgan fingerprint density at radius 1 is 1.50 bits per heavy atom. The van der Waals surface area contributed by atoms with Crippen LogP contribution in [0.4, 0.5) is 0 Å². The minimum absolute atomic E-state index is 0.523. The van der Waals surface area contributed by atoms with E-state index in [1.54, 1.807) is 11.3 Å². The van der Waals surface area contributed by atoms with E-state index in [4.69, 9.17) is 10.2 Å². The molecule has 0 unspecified atom stereocenters. The number of nitrogens with zero attached hydrogens (tertiary/aromatic N) is 2. The second kappa shape index (κ2) is 4.20. The van der Waals surface area contributed by atoms with Crippen molar-refractivity contribution >= 4 is 27.3 Å². The van der Waals surface area contributed by atoms with Gasteiger partial charge in [-0.25, -0.2) is 0 Å². The van der Waals surface area contributed by atoms with E-state index in [0.717, 1.165) is 9.35 Å². The van der Waals surface area contributed by atoms with Gasteiger partial charge < -0.3 is 10.2 Å². The second-order valence-corrected chi connectivity index (χ2v) is 4.97. The molecule has 0 aliphatic rings. The number of hydrogen-bond donors (Lipinski definition) is 1. The van der Waals surface area contributed by atoms with E-state index in [0.29, 0.717) is 24.7 Å². The largest absolute Gasteiger partial charge is 0.421 e. The van der Waals surface area contributed by atoms with E-state index in [2.05, 4.69) is 26.1 Å². The van der Waals surface area contributed by atoms with Crippen LogP contribution in [-0.4, -0.2) is 16.7 Å². The van der Waals surface area contributed by atoms with Gasteiger partial charge in [-0.15, -0.1) is 21.5 Å². The third kappa shape index (κ3) is 2.02. The van der Waals surface area contributed by atoms with Crippen molar-refractivity contribution in [2.75, 3.05) is 6.54 Å². The molecular weight excluding hydrogens is 266 g/mol. The van der Waals surface area contributed by atoms with Gasteiger partial charge in [-0.05, 0) is 22.0 Å². The van der Waals surface area contributed by atoms with Crippen molar-refractivity contribution in [3.8, 4) is 11.5 Å². The maximum atomic E-state index is 5.41. The summed E-state index contributed by atoms with van der Waals surface area (Å²) in [5.74, 6) is 1.14. The smallest absolute Gasteiger partial charge is 0.248 e. The molecule has 0 saturated heterocycles. The zero-order chi connectivity index (χ0) is 9.97. The summed E-state index contributed by atoms with van der Waals surface area (Å²) in [5.41, 5.74) is 6.32. The SMILES string of the molecule is NCCc1nnc(-c2csc(Br)c2)o1. The summed E-state index contributed by atoms with van der Waals surface area (Å²) < 4.78 is 6.45. The van der Waals surface area contributed by atoms with Gasteiger partial charge in [0.15, 0.2) is 0 Å². The molecule has 0 aliphatic heterocycles. The Morgan fingerprint density at radius 3 is 3.00 bits per heavy atom. The summed E-state index contributed by atoms with van der Waals surface area (Å²) in [4.78, 5) is 0. The number of thiophene rings is 1. The van der Waals surface area contributed by atoms with E-state index in [1.807, 2.05) is 11.4 Å². The molecule has 14 heavy (non-hydrogen) atoms. The molecule has 0 spiro atoms. The average Bonchev–Trinajstić information content (AvgIpc) is 2.74. The van der Waals surface area contributed by atoms with Crippen LogP contribution in [0.15, 0.2) is 19.6 Å². The standard InChI is InChI=1S/C8H8BrN3OS/c9-6-3-5(4-14-6)8-12-11-7(13-8)1-2-10/h3-4H,1-2,10H2. The molecule has 0 fully saturated rings. The minimum atomic E-state index is 0.523. The predicted octanol–water partition coefficient (Wildman–Crippen LogP) is 2.06. The Morgan fingerprint density at radius 2 is 2.36 bits per heavy atom. The third-order valence-electron chi connectivity index (χ3n) is 1.64. The molecule has 74 valence electrons. The first-order valence-corrected chi connectivity index (χ1v) is 5.73. The number of rotatable bonds is 3. The molecular formula is C8H8BrN3OS. The van der Waals surface area contributed by atoms with Crippen LogP contribution in [0, 0.1) is 0 Å². The molecule has 0 aliphatic carbocycles. The Kier molecular flexibility index (Phi) is 2.95. The quantitative estimate of drug-likeness (QED) is 0.930. The van der Waals surface area contributed by atoms with Crippen LogP contribution >= 0.6 is 27.3 Å². The molecule has 2 rings (SSSR count). The molecule has 2 aromatic rings. The van der Waals surface area contributed by atoms with Gasteiger partial charge in [0.2, 0.25) is 11.8 Å². The summed E-state index contributed by atoms with van der Waals surface area (Å²) in [6, 6.07) is 1.95. The maximum absolute atomic E-state index is 5.41. The second-order valence-electron chi connectivity index (χ2n) is 2.68. The van der Waals surface area contributed by atoms with Crippen LogP contribution in [0.25, 0.3) is 11.5 Å². The highest BCUT2D eigenvalue weighted by atomic mass is 79.9. The van der Waals surface area contributed by atoms with Crippen LogP contribution in [0.5, 0.6) is 0 Å². The van der Waals surface area contributed by atoms with Gasteiger partial charge in [0, 0.05) is 18.3 Å². The van der Waals surface area contributed by atoms with Gasteiger partial charge in [-0.3, -0.25) is 0 Å². The Hall–Kier alpha value is -0.720. The fraction of sp³-hybridized carbons (Fsp3) is 0.250. The van der Waals surface area contributed by atoms with Crippen LogP contribution in [0.1, 0.15) is 5.89 Å². The molecule has 0 amide bonds. The molecule has 0 aromatic carbocycles. The lowest BCUT2D eigenvalue weighted by molar-refractivity contribution is 0.507. The Bertz CT molecular complexity index is 426. The molecule has 4 nitrogen and oxygen atoms in total. The molecule has 2 heterocycles. The van der Waals surface area contributed by atoms with Gasteiger partial charge in [-0.2, -0.15) is 0 Å². The third-order valence-corrected chi connectivity index (χ3v) is 3.14. The lowest BCUT2D eigenvalue weighted by atomic mass is 10.3. The first-order chi connectivity index (χ1) is 6.79. The molecule has 6 heteroatoms. The maximum Gasteiger partial charge on any atom is 0.248 e. The zero-order valence-electron chi connectivity index (χ0n) is 7.24. The average molecular weight is 274 g/mol. The number of nitrogens with two attached hydrogens (primary N) is 1. The van der Waals surface area contributed by atoms with E-state index < -0.39 is 0 Å². The Balaban J connectivity index is 2.24. The lowest BCUT2D eigenvalue weighted by Gasteiger charge is -1.87. The van der Waals surface area contributed by atoms with Gasteiger partial charge >= 0.3 is 0 Å². The molecule has 0 bridgehead atoms. The lowest BCUT2D eigenvalue weighted by Crippen LogP contribution is -2.02.